The zero-order valence-corrected chi connectivity index (χ0v) is 26.0. The topological polar surface area (TPSA) is 49.7 Å². The van der Waals surface area contributed by atoms with Crippen LogP contribution in [0.2, 0.25) is 0 Å². The summed E-state index contributed by atoms with van der Waals surface area (Å²) in [5.74, 6) is 0.192. The molecule has 206 valence electrons. The molecule has 0 spiro atoms. The molecule has 1 aliphatic carbocycles. The first-order valence-corrected chi connectivity index (χ1v) is 15.5. The second kappa shape index (κ2) is 11.5. The average Bonchev–Trinajstić information content (AvgIpc) is 2.77. The maximum absolute atomic E-state index is 10.6. The van der Waals surface area contributed by atoms with E-state index in [4.69, 9.17) is 4.52 Å². The van der Waals surface area contributed by atoms with E-state index in [1.807, 2.05) is 0 Å². The van der Waals surface area contributed by atoms with E-state index < -0.39 is 14.2 Å². The first-order valence-electron chi connectivity index (χ1n) is 14.3. The summed E-state index contributed by atoms with van der Waals surface area (Å²) in [5, 5.41) is 0. The van der Waals surface area contributed by atoms with Crippen molar-refractivity contribution in [2.45, 2.75) is 137 Å². The van der Waals surface area contributed by atoms with E-state index in [0.29, 0.717) is 0 Å². The Bertz CT molecular complexity index is 1020. The summed E-state index contributed by atoms with van der Waals surface area (Å²) in [6, 6.07) is 9.23. The van der Waals surface area contributed by atoms with Crippen molar-refractivity contribution in [2.75, 3.05) is 0 Å². The van der Waals surface area contributed by atoms with Crippen LogP contribution in [-0.4, -0.2) is 9.79 Å². The van der Waals surface area contributed by atoms with Crippen molar-refractivity contribution in [2.24, 2.45) is 0 Å². The molecule has 0 bridgehead atoms. The fourth-order valence-corrected chi connectivity index (χ4v) is 6.92. The van der Waals surface area contributed by atoms with E-state index in [2.05, 4.69) is 93.5 Å². The van der Waals surface area contributed by atoms with Crippen LogP contribution in [0.25, 0.3) is 0 Å². The molecule has 0 radical (unpaired) electrons. The van der Waals surface area contributed by atoms with Gasteiger partial charge in [-0.2, -0.15) is 0 Å². The Hall–Kier alpha value is -1.25. The monoisotopic (exact) mass is 526 g/mol. The van der Waals surface area contributed by atoms with Crippen LogP contribution in [0.15, 0.2) is 24.3 Å². The summed E-state index contributed by atoms with van der Waals surface area (Å²) < 4.78 is 6.54. The van der Waals surface area contributed by atoms with E-state index in [9.17, 15) is 9.79 Å². The van der Waals surface area contributed by atoms with E-state index in [0.717, 1.165) is 19.3 Å². The SMILES string of the molecule is CCCCCCCCC1(OP(O)O)c2c(cc(C)cc2C(C)(C)C)C(C)c2cc(C)cc(C(C)(C)C)c21. The van der Waals surface area contributed by atoms with Crippen molar-refractivity contribution in [1.29, 1.82) is 0 Å². The summed E-state index contributed by atoms with van der Waals surface area (Å²) in [7, 11) is -2.58. The van der Waals surface area contributed by atoms with Gasteiger partial charge in [0.15, 0.2) is 0 Å². The van der Waals surface area contributed by atoms with Gasteiger partial charge in [-0.1, -0.05) is 123 Å². The molecule has 0 heterocycles. The lowest BCUT2D eigenvalue weighted by Crippen LogP contribution is -2.41. The Morgan fingerprint density at radius 2 is 1.19 bits per heavy atom. The summed E-state index contributed by atoms with van der Waals surface area (Å²) in [5.41, 5.74) is 8.73. The second-order valence-electron chi connectivity index (χ2n) is 13.5. The summed E-state index contributed by atoms with van der Waals surface area (Å²) in [4.78, 5) is 21.1. The molecule has 0 aromatic heterocycles. The molecule has 0 atom stereocenters. The maximum Gasteiger partial charge on any atom is 0.328 e. The molecule has 3 nitrogen and oxygen atoms in total. The lowest BCUT2D eigenvalue weighted by atomic mass is 9.61. The zero-order valence-electron chi connectivity index (χ0n) is 25.1. The third-order valence-electron chi connectivity index (χ3n) is 8.10. The lowest BCUT2D eigenvalue weighted by Gasteiger charge is -2.48. The largest absolute Gasteiger partial charge is 0.328 e. The van der Waals surface area contributed by atoms with Crippen LogP contribution < -0.4 is 0 Å². The maximum atomic E-state index is 10.6. The molecule has 0 fully saturated rings. The van der Waals surface area contributed by atoms with Crippen LogP contribution in [0, 0.1) is 13.8 Å². The summed E-state index contributed by atoms with van der Waals surface area (Å²) >= 11 is 0. The molecule has 0 saturated heterocycles. The molecule has 37 heavy (non-hydrogen) atoms. The molecule has 2 N–H and O–H groups in total. The third-order valence-corrected chi connectivity index (χ3v) is 8.58. The molecule has 2 aromatic carbocycles. The van der Waals surface area contributed by atoms with Gasteiger partial charge in [-0.15, -0.1) is 0 Å². The quantitative estimate of drug-likeness (QED) is 0.253. The molecule has 1 aliphatic rings. The number of unbranched alkanes of at least 4 members (excludes halogenated alkanes) is 5. The molecule has 2 aromatic rings. The number of aryl methyl sites for hydroxylation is 2. The van der Waals surface area contributed by atoms with Crippen LogP contribution in [0.4, 0.5) is 0 Å². The molecular formula is C33H51O3P. The predicted molar refractivity (Wildman–Crippen MR) is 158 cm³/mol. The van der Waals surface area contributed by atoms with Gasteiger partial charge < -0.3 is 9.79 Å². The van der Waals surface area contributed by atoms with Crippen LogP contribution in [0.5, 0.6) is 0 Å². The second-order valence-corrected chi connectivity index (χ2v) is 14.2. The normalized spacial score (nSPS) is 19.8. The molecular weight excluding hydrogens is 475 g/mol. The van der Waals surface area contributed by atoms with E-state index in [1.54, 1.807) is 0 Å². The van der Waals surface area contributed by atoms with Crippen LogP contribution in [0.3, 0.4) is 0 Å². The highest BCUT2D eigenvalue weighted by Gasteiger charge is 2.50. The van der Waals surface area contributed by atoms with Crippen LogP contribution >= 0.6 is 8.60 Å². The van der Waals surface area contributed by atoms with Gasteiger partial charge in [0, 0.05) is 5.92 Å². The van der Waals surface area contributed by atoms with Gasteiger partial charge in [-0.25, -0.2) is 0 Å². The van der Waals surface area contributed by atoms with Crippen molar-refractivity contribution in [1.82, 2.24) is 0 Å². The summed E-state index contributed by atoms with van der Waals surface area (Å²) in [6.07, 6.45) is 7.79. The first kappa shape index (κ1) is 30.3. The Kier molecular flexibility index (Phi) is 9.39. The van der Waals surface area contributed by atoms with Gasteiger partial charge in [0.25, 0.3) is 0 Å². The van der Waals surface area contributed by atoms with Crippen molar-refractivity contribution in [3.8, 4) is 0 Å². The molecule has 0 aliphatic heterocycles. The molecule has 3 rings (SSSR count). The zero-order chi connectivity index (χ0) is 27.8. The Morgan fingerprint density at radius 3 is 1.59 bits per heavy atom. The molecule has 0 saturated carbocycles. The van der Waals surface area contributed by atoms with E-state index in [-0.39, 0.29) is 16.7 Å². The standard InChI is InChI=1S/C33H51O3P/c1-11-12-13-14-15-16-17-33(36-37(34)35)29-25(18-22(2)20-27(29)31(5,6)7)24(4)26-19-23(3)21-28(30(26)33)32(8,9)10/h18-21,24,34-35H,11-17H2,1-10H3. The number of hydrogen-bond acceptors (Lipinski definition) is 3. The van der Waals surface area contributed by atoms with E-state index in [1.165, 1.54) is 70.2 Å². The van der Waals surface area contributed by atoms with Gasteiger partial charge >= 0.3 is 8.60 Å². The lowest BCUT2D eigenvalue weighted by molar-refractivity contribution is 0.0708. The smallest absolute Gasteiger partial charge is 0.328 e. The van der Waals surface area contributed by atoms with Crippen LogP contribution in [-0.2, 0) is 21.0 Å². The van der Waals surface area contributed by atoms with Gasteiger partial charge in [-0.05, 0) is 70.9 Å². The average molecular weight is 527 g/mol. The predicted octanol–water partition coefficient (Wildman–Crippen LogP) is 9.59. The minimum Gasteiger partial charge on any atom is -0.328 e. The van der Waals surface area contributed by atoms with Crippen LogP contribution in [0.1, 0.15) is 151 Å². The number of rotatable bonds is 9. The summed E-state index contributed by atoms with van der Waals surface area (Å²) in [6.45, 7) is 22.5. The van der Waals surface area contributed by atoms with Crippen molar-refractivity contribution >= 4 is 8.60 Å². The van der Waals surface area contributed by atoms with Gasteiger partial charge in [-0.3, -0.25) is 4.52 Å². The molecule has 0 amide bonds. The highest BCUT2D eigenvalue weighted by atomic mass is 31.2. The first-order chi connectivity index (χ1) is 17.1. The highest BCUT2D eigenvalue weighted by molar-refractivity contribution is 7.39. The van der Waals surface area contributed by atoms with Gasteiger partial charge in [0.05, 0.1) is 0 Å². The third kappa shape index (κ3) is 6.33. The number of fused-ring (bicyclic) bond motifs is 2. The van der Waals surface area contributed by atoms with E-state index >= 15 is 0 Å². The van der Waals surface area contributed by atoms with Gasteiger partial charge in [0.2, 0.25) is 0 Å². The van der Waals surface area contributed by atoms with Gasteiger partial charge in [0.1, 0.15) is 5.60 Å². The number of benzene rings is 2. The fourth-order valence-electron chi connectivity index (χ4n) is 6.37. The van der Waals surface area contributed by atoms with Crippen molar-refractivity contribution < 1.29 is 14.3 Å². The van der Waals surface area contributed by atoms with Crippen molar-refractivity contribution in [3.05, 3.63) is 68.8 Å². The molecule has 4 heteroatoms. The number of hydrogen-bond donors (Lipinski definition) is 2. The minimum absolute atomic E-state index is 0.122. The highest BCUT2D eigenvalue weighted by Crippen LogP contribution is 2.59. The minimum atomic E-state index is -2.58. The van der Waals surface area contributed by atoms with Crippen molar-refractivity contribution in [3.63, 3.8) is 0 Å². The molecule has 0 unspecified atom stereocenters. The Morgan fingerprint density at radius 1 is 0.757 bits per heavy atom. The Balaban J connectivity index is 2.40. The fraction of sp³-hybridized carbons (Fsp3) is 0.636. The Labute approximate surface area is 228 Å².